The van der Waals surface area contributed by atoms with E-state index in [1.54, 1.807) is 0 Å². The van der Waals surface area contributed by atoms with Crippen molar-refractivity contribution in [2.45, 2.75) is 13.0 Å². The van der Waals surface area contributed by atoms with Crippen LogP contribution in [0.25, 0.3) is 0 Å². The summed E-state index contributed by atoms with van der Waals surface area (Å²) in [5, 5.41) is 4.67. The lowest BCUT2D eigenvalue weighted by Crippen LogP contribution is -2.54. The third-order valence-corrected chi connectivity index (χ3v) is 3.68. The molecule has 1 N–H and O–H groups in total. The number of amides is 1. The lowest BCUT2D eigenvalue weighted by molar-refractivity contribution is -0.127. The van der Waals surface area contributed by atoms with Crippen molar-refractivity contribution >= 4 is 23.0 Å². The Labute approximate surface area is 98.3 Å². The molecule has 1 unspecified atom stereocenters. The second kappa shape index (κ2) is 4.76. The lowest BCUT2D eigenvalue weighted by atomic mass is 10.2. The molecule has 0 bridgehead atoms. The Morgan fingerprint density at radius 2 is 2.50 bits per heavy atom. The molecule has 5 heteroatoms. The monoisotopic (exact) mass is 238 g/mol. The van der Waals surface area contributed by atoms with Gasteiger partial charge in [-0.25, -0.2) is 0 Å². The average molecular weight is 238 g/mol. The number of thiophene rings is 1. The van der Waals surface area contributed by atoms with E-state index in [1.807, 2.05) is 29.3 Å². The first-order valence-corrected chi connectivity index (χ1v) is 6.15. The Morgan fingerprint density at radius 3 is 3.19 bits per heavy atom. The summed E-state index contributed by atoms with van der Waals surface area (Å²) in [6.07, 6.45) is 0. The molecule has 1 aliphatic heterocycles. The molecule has 1 atom stereocenters. The summed E-state index contributed by atoms with van der Waals surface area (Å²) >= 11 is 1.44. The highest BCUT2D eigenvalue weighted by molar-refractivity contribution is 7.12. The van der Waals surface area contributed by atoms with Crippen molar-refractivity contribution in [2.75, 3.05) is 19.6 Å². The van der Waals surface area contributed by atoms with Gasteiger partial charge < -0.3 is 5.32 Å². The van der Waals surface area contributed by atoms with Crippen molar-refractivity contribution < 1.29 is 9.59 Å². The number of nitrogens with one attached hydrogen (secondary N) is 1. The summed E-state index contributed by atoms with van der Waals surface area (Å²) in [7, 11) is 0. The van der Waals surface area contributed by atoms with Crippen molar-refractivity contribution in [3.05, 3.63) is 22.4 Å². The van der Waals surface area contributed by atoms with Gasteiger partial charge in [-0.3, -0.25) is 14.5 Å². The average Bonchev–Trinajstić information content (AvgIpc) is 2.78. The summed E-state index contributed by atoms with van der Waals surface area (Å²) < 4.78 is 0. The van der Waals surface area contributed by atoms with Crippen LogP contribution in [0.15, 0.2) is 17.5 Å². The smallest absolute Gasteiger partial charge is 0.237 e. The summed E-state index contributed by atoms with van der Waals surface area (Å²) in [6.45, 7) is 3.52. The zero-order valence-electron chi connectivity index (χ0n) is 9.10. The number of hydrogen-bond acceptors (Lipinski definition) is 4. The van der Waals surface area contributed by atoms with Gasteiger partial charge in [0.2, 0.25) is 5.91 Å². The van der Waals surface area contributed by atoms with Crippen molar-refractivity contribution in [1.82, 2.24) is 10.2 Å². The van der Waals surface area contributed by atoms with Gasteiger partial charge >= 0.3 is 0 Å². The molecule has 2 heterocycles. The van der Waals surface area contributed by atoms with E-state index in [2.05, 4.69) is 5.32 Å². The maximum atomic E-state index is 11.9. The van der Waals surface area contributed by atoms with Gasteiger partial charge in [0.15, 0.2) is 5.78 Å². The van der Waals surface area contributed by atoms with Gasteiger partial charge in [-0.15, -0.1) is 11.3 Å². The lowest BCUT2D eigenvalue weighted by Gasteiger charge is -2.31. The number of hydrogen-bond donors (Lipinski definition) is 1. The second-order valence-corrected chi connectivity index (χ2v) is 4.79. The molecule has 4 nitrogen and oxygen atoms in total. The van der Waals surface area contributed by atoms with E-state index in [9.17, 15) is 9.59 Å². The van der Waals surface area contributed by atoms with E-state index in [4.69, 9.17) is 0 Å². The molecule has 16 heavy (non-hydrogen) atoms. The molecule has 1 saturated heterocycles. The van der Waals surface area contributed by atoms with Crippen LogP contribution in [-0.2, 0) is 4.79 Å². The Balaban J connectivity index is 1.99. The van der Waals surface area contributed by atoms with E-state index >= 15 is 0 Å². The van der Waals surface area contributed by atoms with E-state index in [0.717, 1.165) is 11.4 Å². The molecule has 86 valence electrons. The predicted octanol–water partition coefficient (Wildman–Crippen LogP) is 0.751. The van der Waals surface area contributed by atoms with Gasteiger partial charge in [0, 0.05) is 13.1 Å². The zero-order chi connectivity index (χ0) is 11.5. The van der Waals surface area contributed by atoms with Crippen molar-refractivity contribution in [3.8, 4) is 0 Å². The number of rotatable bonds is 3. The zero-order valence-corrected chi connectivity index (χ0v) is 9.92. The molecular weight excluding hydrogens is 224 g/mol. The molecule has 0 spiro atoms. The maximum Gasteiger partial charge on any atom is 0.237 e. The molecule has 1 aromatic rings. The third kappa shape index (κ3) is 2.31. The van der Waals surface area contributed by atoms with E-state index in [0.29, 0.717) is 13.1 Å². The van der Waals surface area contributed by atoms with E-state index in [-0.39, 0.29) is 17.7 Å². The number of carbonyl (C=O) groups excluding carboxylic acids is 2. The number of Topliss-reactive ketones (excluding diaryl/α,β-unsaturated/α-hetero) is 1. The van der Waals surface area contributed by atoms with Crippen molar-refractivity contribution in [1.29, 1.82) is 0 Å². The normalized spacial score (nSPS) is 21.8. The van der Waals surface area contributed by atoms with Gasteiger partial charge in [0.05, 0.1) is 17.5 Å². The fourth-order valence-corrected chi connectivity index (χ4v) is 2.40. The topological polar surface area (TPSA) is 49.4 Å². The standard InChI is InChI=1S/C11H14N2O2S/c1-8-11(15)12-4-5-13(8)7-9(14)10-3-2-6-16-10/h2-3,6,8H,4-5,7H2,1H3,(H,12,15). The van der Waals surface area contributed by atoms with Crippen LogP contribution in [0.5, 0.6) is 0 Å². The Hall–Kier alpha value is -1.20. The molecular formula is C11H14N2O2S. The highest BCUT2D eigenvalue weighted by Crippen LogP contribution is 2.12. The molecule has 1 fully saturated rings. The summed E-state index contributed by atoms with van der Waals surface area (Å²) in [5.74, 6) is 0.0989. The van der Waals surface area contributed by atoms with Crippen molar-refractivity contribution in [2.24, 2.45) is 0 Å². The minimum absolute atomic E-state index is 0.00484. The van der Waals surface area contributed by atoms with Crippen LogP contribution in [0, 0.1) is 0 Å². The summed E-state index contributed by atoms with van der Waals surface area (Å²) in [4.78, 5) is 26.0. The van der Waals surface area contributed by atoms with Crippen LogP contribution in [-0.4, -0.2) is 42.3 Å². The van der Waals surface area contributed by atoms with Gasteiger partial charge in [-0.2, -0.15) is 0 Å². The molecule has 0 aromatic carbocycles. The van der Waals surface area contributed by atoms with Gasteiger partial charge in [-0.1, -0.05) is 6.07 Å². The fourth-order valence-electron chi connectivity index (χ4n) is 1.75. The van der Waals surface area contributed by atoms with E-state index in [1.165, 1.54) is 11.3 Å². The highest BCUT2D eigenvalue weighted by Gasteiger charge is 2.27. The molecule has 0 radical (unpaired) electrons. The van der Waals surface area contributed by atoms with Crippen LogP contribution in [0.3, 0.4) is 0 Å². The molecule has 2 rings (SSSR count). The van der Waals surface area contributed by atoms with Gasteiger partial charge in [0.25, 0.3) is 0 Å². The number of nitrogens with zero attached hydrogens (tertiary/aromatic N) is 1. The number of piperazine rings is 1. The maximum absolute atomic E-state index is 11.9. The first-order valence-electron chi connectivity index (χ1n) is 5.27. The molecule has 1 aromatic heterocycles. The minimum Gasteiger partial charge on any atom is -0.353 e. The summed E-state index contributed by atoms with van der Waals surface area (Å²) in [5.41, 5.74) is 0. The van der Waals surface area contributed by atoms with Crippen LogP contribution in [0.4, 0.5) is 0 Å². The van der Waals surface area contributed by atoms with Gasteiger partial charge in [-0.05, 0) is 18.4 Å². The Kier molecular flexibility index (Phi) is 3.36. The Bertz CT molecular complexity index is 389. The largest absolute Gasteiger partial charge is 0.353 e. The molecule has 0 saturated carbocycles. The number of ketones is 1. The fraction of sp³-hybridized carbons (Fsp3) is 0.455. The first-order chi connectivity index (χ1) is 7.68. The second-order valence-electron chi connectivity index (χ2n) is 3.84. The van der Waals surface area contributed by atoms with E-state index < -0.39 is 0 Å². The predicted molar refractivity (Wildman–Crippen MR) is 62.7 cm³/mol. The molecule has 0 aliphatic carbocycles. The van der Waals surface area contributed by atoms with Crippen LogP contribution in [0.1, 0.15) is 16.6 Å². The molecule has 1 amide bonds. The quantitative estimate of drug-likeness (QED) is 0.791. The molecule has 1 aliphatic rings. The van der Waals surface area contributed by atoms with Crippen LogP contribution >= 0.6 is 11.3 Å². The first kappa shape index (κ1) is 11.3. The van der Waals surface area contributed by atoms with Crippen LogP contribution in [0.2, 0.25) is 0 Å². The SMILES string of the molecule is CC1C(=O)NCCN1CC(=O)c1cccs1. The summed E-state index contributed by atoms with van der Waals surface area (Å²) in [6, 6.07) is 3.48. The Morgan fingerprint density at radius 1 is 1.69 bits per heavy atom. The van der Waals surface area contributed by atoms with Crippen LogP contribution < -0.4 is 5.32 Å². The highest BCUT2D eigenvalue weighted by atomic mass is 32.1. The van der Waals surface area contributed by atoms with Gasteiger partial charge in [0.1, 0.15) is 0 Å². The minimum atomic E-state index is -0.210. The third-order valence-electron chi connectivity index (χ3n) is 2.77. The number of carbonyl (C=O) groups is 2. The van der Waals surface area contributed by atoms with Crippen molar-refractivity contribution in [3.63, 3.8) is 0 Å².